The van der Waals surface area contributed by atoms with Crippen LogP contribution in [0.1, 0.15) is 38.4 Å². The summed E-state index contributed by atoms with van der Waals surface area (Å²) in [5, 5.41) is 1.18. The lowest BCUT2D eigenvalue weighted by Gasteiger charge is -2.44. The molecule has 0 aliphatic heterocycles. The number of hydrogen-bond acceptors (Lipinski definition) is 2. The molecule has 0 unspecified atom stereocenters. The molecule has 1 fully saturated rings. The second kappa shape index (κ2) is 4.70. The first-order valence-corrected chi connectivity index (χ1v) is 8.14. The van der Waals surface area contributed by atoms with Crippen molar-refractivity contribution in [2.24, 2.45) is 0 Å². The average molecular weight is 300 g/mol. The van der Waals surface area contributed by atoms with Crippen LogP contribution in [-0.2, 0) is 11.4 Å². The molecule has 0 bridgehead atoms. The summed E-state index contributed by atoms with van der Waals surface area (Å²) in [5.74, 6) is 1.43. The van der Waals surface area contributed by atoms with Crippen LogP contribution in [0.5, 0.6) is 0 Å². The fraction of sp³-hybridized carbons (Fsp3) is 0.412. The number of para-hydroxylation sites is 1. The summed E-state index contributed by atoms with van der Waals surface area (Å²) in [5.41, 5.74) is 3.39. The molecular formula is C17H18ClN3. The number of fused-ring (bicyclic) bond motifs is 3. The summed E-state index contributed by atoms with van der Waals surface area (Å²) in [6.07, 6.45) is 6.73. The maximum atomic E-state index is 6.20. The zero-order valence-corrected chi connectivity index (χ0v) is 12.9. The largest absolute Gasteiger partial charge is 0.320 e. The topological polar surface area (TPSA) is 30.7 Å². The Labute approximate surface area is 129 Å². The highest BCUT2D eigenvalue weighted by Gasteiger charge is 2.39. The molecule has 1 aliphatic carbocycles. The van der Waals surface area contributed by atoms with Gasteiger partial charge in [0.1, 0.15) is 11.3 Å². The number of benzene rings is 1. The van der Waals surface area contributed by atoms with Crippen LogP contribution in [0.15, 0.2) is 30.5 Å². The highest BCUT2D eigenvalue weighted by molar-refractivity contribution is 6.17. The van der Waals surface area contributed by atoms with Gasteiger partial charge in [0.2, 0.25) is 0 Å². The van der Waals surface area contributed by atoms with E-state index in [0.29, 0.717) is 5.88 Å². The predicted molar refractivity (Wildman–Crippen MR) is 86.7 cm³/mol. The fourth-order valence-electron chi connectivity index (χ4n) is 3.67. The lowest BCUT2D eigenvalue weighted by atomic mass is 9.74. The van der Waals surface area contributed by atoms with E-state index in [9.17, 15) is 0 Å². The Hall–Kier alpha value is -1.61. The normalized spacial score (nSPS) is 17.2. The number of imidazole rings is 1. The van der Waals surface area contributed by atoms with Crippen molar-refractivity contribution in [2.45, 2.75) is 44.0 Å². The smallest absolute Gasteiger partial charge is 0.125 e. The number of alkyl halides is 1. The van der Waals surface area contributed by atoms with Gasteiger partial charge in [-0.05, 0) is 31.7 Å². The Morgan fingerprint density at radius 2 is 2.05 bits per heavy atom. The summed E-state index contributed by atoms with van der Waals surface area (Å²) >= 11 is 6.20. The minimum atomic E-state index is 0.198. The molecule has 1 aliphatic rings. The van der Waals surface area contributed by atoms with Gasteiger partial charge in [-0.2, -0.15) is 0 Å². The summed E-state index contributed by atoms with van der Waals surface area (Å²) in [6, 6.07) is 8.30. The van der Waals surface area contributed by atoms with Gasteiger partial charge in [-0.1, -0.05) is 25.1 Å². The number of aromatic nitrogens is 3. The molecule has 108 valence electrons. The number of nitrogens with zero attached hydrogens (tertiary/aromatic N) is 3. The van der Waals surface area contributed by atoms with Gasteiger partial charge in [0.25, 0.3) is 0 Å². The van der Waals surface area contributed by atoms with Crippen molar-refractivity contribution < 1.29 is 0 Å². The third-order valence-electron chi connectivity index (χ3n) is 5.00. The van der Waals surface area contributed by atoms with Crippen LogP contribution in [-0.4, -0.2) is 14.5 Å². The molecule has 0 saturated heterocycles. The molecule has 2 heterocycles. The second-order valence-corrected chi connectivity index (χ2v) is 6.20. The van der Waals surface area contributed by atoms with Crippen molar-refractivity contribution in [3.63, 3.8) is 0 Å². The van der Waals surface area contributed by atoms with E-state index in [4.69, 9.17) is 16.6 Å². The van der Waals surface area contributed by atoms with Crippen molar-refractivity contribution in [3.05, 3.63) is 36.3 Å². The molecule has 0 amide bonds. The quantitative estimate of drug-likeness (QED) is 0.661. The second-order valence-electron chi connectivity index (χ2n) is 5.94. The van der Waals surface area contributed by atoms with E-state index < -0.39 is 0 Å². The minimum absolute atomic E-state index is 0.198. The van der Waals surface area contributed by atoms with Crippen molar-refractivity contribution >= 4 is 33.5 Å². The molecule has 4 rings (SSSR count). The summed E-state index contributed by atoms with van der Waals surface area (Å²) in [6.45, 7) is 2.27. The lowest BCUT2D eigenvalue weighted by Crippen LogP contribution is -2.40. The van der Waals surface area contributed by atoms with Crippen LogP contribution < -0.4 is 0 Å². The first kappa shape index (κ1) is 13.1. The van der Waals surface area contributed by atoms with Crippen molar-refractivity contribution in [3.8, 4) is 0 Å². The predicted octanol–water partition coefficient (Wildman–Crippen LogP) is 4.61. The molecule has 0 atom stereocenters. The van der Waals surface area contributed by atoms with Crippen LogP contribution in [0, 0.1) is 0 Å². The third kappa shape index (κ3) is 1.73. The SMILES string of the molecule is CCC1(n2c(CCl)nc3cnc4ccccc4c32)CCC1. The Kier molecular flexibility index (Phi) is 2.93. The summed E-state index contributed by atoms with van der Waals surface area (Å²) < 4.78 is 2.42. The Morgan fingerprint density at radius 3 is 2.71 bits per heavy atom. The molecule has 0 N–H and O–H groups in total. The molecule has 1 aromatic carbocycles. The number of rotatable bonds is 3. The van der Waals surface area contributed by atoms with Gasteiger partial charge in [-0.3, -0.25) is 4.98 Å². The van der Waals surface area contributed by atoms with Gasteiger partial charge in [0, 0.05) is 10.9 Å². The van der Waals surface area contributed by atoms with Gasteiger partial charge in [-0.15, -0.1) is 11.6 Å². The number of hydrogen-bond donors (Lipinski definition) is 0. The van der Waals surface area contributed by atoms with Gasteiger partial charge in [0.05, 0.1) is 23.1 Å². The van der Waals surface area contributed by atoms with Crippen LogP contribution in [0.2, 0.25) is 0 Å². The van der Waals surface area contributed by atoms with E-state index >= 15 is 0 Å². The van der Waals surface area contributed by atoms with Gasteiger partial charge < -0.3 is 4.57 Å². The molecule has 1 saturated carbocycles. The van der Waals surface area contributed by atoms with Crippen LogP contribution in [0.25, 0.3) is 21.9 Å². The Bertz CT molecular complexity index is 812. The molecule has 3 aromatic rings. The molecule has 3 nitrogen and oxygen atoms in total. The highest BCUT2D eigenvalue weighted by Crippen LogP contribution is 2.45. The monoisotopic (exact) mass is 299 g/mol. The van der Waals surface area contributed by atoms with E-state index in [-0.39, 0.29) is 5.54 Å². The van der Waals surface area contributed by atoms with E-state index in [1.54, 1.807) is 0 Å². The number of pyridine rings is 1. The standard InChI is InChI=1S/C17H18ClN3/c1-2-17(8-5-9-17)21-15(10-18)20-14-11-19-13-7-4-3-6-12(13)16(14)21/h3-4,6-7,11H,2,5,8-10H2,1H3. The van der Waals surface area contributed by atoms with Crippen LogP contribution in [0.3, 0.4) is 0 Å². The lowest BCUT2D eigenvalue weighted by molar-refractivity contribution is 0.138. The van der Waals surface area contributed by atoms with E-state index in [2.05, 4.69) is 34.7 Å². The van der Waals surface area contributed by atoms with Crippen molar-refractivity contribution in [1.29, 1.82) is 0 Å². The molecule has 0 spiro atoms. The maximum absolute atomic E-state index is 6.20. The van der Waals surface area contributed by atoms with E-state index in [0.717, 1.165) is 23.3 Å². The van der Waals surface area contributed by atoms with Gasteiger partial charge in [-0.25, -0.2) is 4.98 Å². The zero-order valence-electron chi connectivity index (χ0n) is 12.1. The van der Waals surface area contributed by atoms with Gasteiger partial charge in [0.15, 0.2) is 0 Å². The minimum Gasteiger partial charge on any atom is -0.320 e. The molecular weight excluding hydrogens is 282 g/mol. The van der Waals surface area contributed by atoms with Crippen LogP contribution in [0.4, 0.5) is 0 Å². The number of halogens is 1. The Morgan fingerprint density at radius 1 is 1.24 bits per heavy atom. The van der Waals surface area contributed by atoms with E-state index in [1.165, 1.54) is 30.2 Å². The third-order valence-corrected chi connectivity index (χ3v) is 5.23. The molecule has 2 aromatic heterocycles. The summed E-state index contributed by atoms with van der Waals surface area (Å²) in [4.78, 5) is 9.28. The molecule has 0 radical (unpaired) electrons. The molecule has 21 heavy (non-hydrogen) atoms. The zero-order chi connectivity index (χ0) is 14.4. The van der Waals surface area contributed by atoms with E-state index in [1.807, 2.05) is 12.3 Å². The Balaban J connectivity index is 2.13. The van der Waals surface area contributed by atoms with Crippen molar-refractivity contribution in [1.82, 2.24) is 14.5 Å². The average Bonchev–Trinajstić information content (AvgIpc) is 2.86. The van der Waals surface area contributed by atoms with Crippen LogP contribution >= 0.6 is 11.6 Å². The summed E-state index contributed by atoms with van der Waals surface area (Å²) in [7, 11) is 0. The first-order chi connectivity index (χ1) is 10.3. The van der Waals surface area contributed by atoms with Crippen molar-refractivity contribution in [2.75, 3.05) is 0 Å². The first-order valence-electron chi connectivity index (χ1n) is 7.60. The maximum Gasteiger partial charge on any atom is 0.125 e. The molecule has 4 heteroatoms. The highest BCUT2D eigenvalue weighted by atomic mass is 35.5. The van der Waals surface area contributed by atoms with Gasteiger partial charge >= 0.3 is 0 Å². The fourth-order valence-corrected chi connectivity index (χ4v) is 3.85.